The molecule has 9 heteroatoms. The van der Waals surface area contributed by atoms with Crippen molar-refractivity contribution in [2.24, 2.45) is 0 Å². The summed E-state index contributed by atoms with van der Waals surface area (Å²) in [6.07, 6.45) is -1.47. The Morgan fingerprint density at radius 2 is 1.87 bits per heavy atom. The lowest BCUT2D eigenvalue weighted by Gasteiger charge is -2.17. The van der Waals surface area contributed by atoms with E-state index in [1.54, 1.807) is 0 Å². The molecular weight excluding hydrogens is 306 g/mol. The van der Waals surface area contributed by atoms with Crippen LogP contribution >= 0.6 is 0 Å². The maximum absolute atomic E-state index is 11.9. The summed E-state index contributed by atoms with van der Waals surface area (Å²) in [4.78, 5) is 36.6. The fourth-order valence-electron chi connectivity index (χ4n) is 1.73. The van der Waals surface area contributed by atoms with E-state index in [2.05, 4.69) is 10.1 Å². The third-order valence-corrected chi connectivity index (χ3v) is 2.95. The number of carbonyl (C=O) groups is 3. The first-order valence-corrected chi connectivity index (χ1v) is 6.55. The normalized spacial score (nSPS) is 12.6. The Morgan fingerprint density at radius 3 is 2.39 bits per heavy atom. The lowest BCUT2D eigenvalue weighted by Crippen LogP contribution is -2.43. The second kappa shape index (κ2) is 8.42. The molecule has 23 heavy (non-hydrogen) atoms. The van der Waals surface area contributed by atoms with Gasteiger partial charge in [-0.2, -0.15) is 4.79 Å². The number of rotatable bonds is 8. The van der Waals surface area contributed by atoms with Gasteiger partial charge in [-0.3, -0.25) is 9.59 Å². The highest BCUT2D eigenvalue weighted by Gasteiger charge is 2.25. The highest BCUT2D eigenvalue weighted by Crippen LogP contribution is 2.17. The molecule has 0 fully saturated rings. The van der Waals surface area contributed by atoms with Gasteiger partial charge in [-0.15, -0.1) is 0 Å². The molecule has 0 saturated carbocycles. The van der Waals surface area contributed by atoms with Crippen LogP contribution in [-0.2, 0) is 14.4 Å². The van der Waals surface area contributed by atoms with Crippen LogP contribution in [0.5, 0.6) is 5.75 Å². The van der Waals surface area contributed by atoms with Crippen molar-refractivity contribution < 1.29 is 34.5 Å². The average molecular weight is 321 g/mol. The fourth-order valence-corrected chi connectivity index (χ4v) is 1.73. The molecule has 0 saturated heterocycles. The number of hydrogen-bond acceptors (Lipinski definition) is 5. The molecule has 0 aliphatic heterocycles. The SMILES string of the molecule is [N-]=[N+]=CC(=O)CCC(NC(=O)C(O)c1ccc(O)cc1)C(=O)O. The van der Waals surface area contributed by atoms with Gasteiger partial charge in [0.15, 0.2) is 6.10 Å². The summed E-state index contributed by atoms with van der Waals surface area (Å²) in [5.74, 6) is -2.97. The van der Waals surface area contributed by atoms with Crippen molar-refractivity contribution in [2.45, 2.75) is 25.0 Å². The zero-order chi connectivity index (χ0) is 17.4. The summed E-state index contributed by atoms with van der Waals surface area (Å²) in [6.45, 7) is 0. The van der Waals surface area contributed by atoms with Crippen LogP contribution in [0, 0.1) is 0 Å². The van der Waals surface area contributed by atoms with E-state index < -0.39 is 29.8 Å². The molecule has 0 spiro atoms. The summed E-state index contributed by atoms with van der Waals surface area (Å²) in [5, 5.41) is 30.2. The number of phenolic OH excluding ortho intramolecular Hbond substituents is 1. The Labute approximate surface area is 130 Å². The molecule has 9 nitrogen and oxygen atoms in total. The van der Waals surface area contributed by atoms with Gasteiger partial charge >= 0.3 is 12.2 Å². The van der Waals surface area contributed by atoms with Gasteiger partial charge in [0, 0.05) is 6.42 Å². The zero-order valence-electron chi connectivity index (χ0n) is 11.9. The lowest BCUT2D eigenvalue weighted by molar-refractivity contribution is -0.143. The van der Waals surface area contributed by atoms with Crippen molar-refractivity contribution in [3.8, 4) is 5.75 Å². The summed E-state index contributed by atoms with van der Waals surface area (Å²) < 4.78 is 0. The van der Waals surface area contributed by atoms with E-state index in [9.17, 15) is 19.5 Å². The number of amides is 1. The van der Waals surface area contributed by atoms with Crippen LogP contribution in [0.2, 0.25) is 0 Å². The number of benzene rings is 1. The standard InChI is InChI=1S/C14H15N3O6/c15-16-7-10(19)5-6-11(14(22)23)17-13(21)12(20)8-1-3-9(18)4-2-8/h1-4,7,11-12,18,20H,5-6H2,(H,17,21)(H,22,23). The van der Waals surface area contributed by atoms with Crippen molar-refractivity contribution in [2.75, 3.05) is 0 Å². The Bertz CT molecular complexity index is 636. The quantitative estimate of drug-likeness (QED) is 0.290. The van der Waals surface area contributed by atoms with Crippen LogP contribution in [0.4, 0.5) is 0 Å². The molecular formula is C14H15N3O6. The van der Waals surface area contributed by atoms with Gasteiger partial charge in [0.2, 0.25) is 5.78 Å². The Kier molecular flexibility index (Phi) is 6.60. The van der Waals surface area contributed by atoms with Gasteiger partial charge in [0.25, 0.3) is 5.91 Å². The molecule has 0 bridgehead atoms. The smallest absolute Gasteiger partial charge is 0.326 e. The van der Waals surface area contributed by atoms with Gasteiger partial charge in [-0.05, 0) is 24.1 Å². The molecule has 0 aromatic heterocycles. The number of ketones is 1. The number of carbonyl (C=O) groups excluding carboxylic acids is 2. The summed E-state index contributed by atoms with van der Waals surface area (Å²) in [5.41, 5.74) is 8.36. The first-order chi connectivity index (χ1) is 10.8. The first kappa shape index (κ1) is 18.0. The van der Waals surface area contributed by atoms with Gasteiger partial charge < -0.3 is 26.2 Å². The number of hydrogen-bond donors (Lipinski definition) is 4. The molecule has 0 aliphatic rings. The first-order valence-electron chi connectivity index (χ1n) is 6.55. The van der Waals surface area contributed by atoms with Crippen LogP contribution in [0.3, 0.4) is 0 Å². The van der Waals surface area contributed by atoms with Crippen molar-refractivity contribution in [3.05, 3.63) is 35.4 Å². The minimum atomic E-state index is -1.62. The molecule has 0 heterocycles. The monoisotopic (exact) mass is 321 g/mol. The molecule has 1 rings (SSSR count). The van der Waals surface area contributed by atoms with Gasteiger partial charge in [-0.25, -0.2) is 4.79 Å². The Balaban J connectivity index is 2.69. The number of carboxylic acid groups (broad SMARTS) is 1. The molecule has 1 aromatic carbocycles. The highest BCUT2D eigenvalue weighted by molar-refractivity contribution is 6.25. The van der Waals surface area contributed by atoms with E-state index in [1.165, 1.54) is 24.3 Å². The number of phenols is 1. The summed E-state index contributed by atoms with van der Waals surface area (Å²) >= 11 is 0. The van der Waals surface area contributed by atoms with Crippen LogP contribution in [0.25, 0.3) is 5.53 Å². The fraction of sp³-hybridized carbons (Fsp3) is 0.286. The van der Waals surface area contributed by atoms with Gasteiger partial charge in [0.05, 0.1) is 0 Å². The second-order valence-corrected chi connectivity index (χ2v) is 4.64. The number of nitrogens with zero attached hydrogens (tertiary/aromatic N) is 2. The third-order valence-electron chi connectivity index (χ3n) is 2.95. The molecule has 2 atom stereocenters. The lowest BCUT2D eigenvalue weighted by atomic mass is 10.1. The van der Waals surface area contributed by atoms with Crippen molar-refractivity contribution in [1.82, 2.24) is 5.32 Å². The van der Waals surface area contributed by atoms with Crippen LogP contribution in [-0.4, -0.2) is 50.0 Å². The van der Waals surface area contributed by atoms with Crippen molar-refractivity contribution >= 4 is 23.9 Å². The molecule has 0 aliphatic carbocycles. The third kappa shape index (κ3) is 5.70. The molecule has 2 unspecified atom stereocenters. The number of aliphatic carboxylic acids is 1. The van der Waals surface area contributed by atoms with E-state index in [-0.39, 0.29) is 24.2 Å². The Morgan fingerprint density at radius 1 is 1.26 bits per heavy atom. The largest absolute Gasteiger partial charge is 0.508 e. The molecule has 1 amide bonds. The number of Topliss-reactive ketones (excluding diaryl/α,β-unsaturated/α-hetero) is 1. The number of nitrogens with one attached hydrogen (secondary N) is 1. The van der Waals surface area contributed by atoms with E-state index >= 15 is 0 Å². The molecule has 122 valence electrons. The maximum atomic E-state index is 11.9. The van der Waals surface area contributed by atoms with E-state index in [0.717, 1.165) is 0 Å². The molecule has 0 radical (unpaired) electrons. The van der Waals surface area contributed by atoms with Crippen LogP contribution < -0.4 is 5.32 Å². The molecule has 4 N–H and O–H groups in total. The number of aromatic hydroxyl groups is 1. The van der Waals surface area contributed by atoms with Gasteiger partial charge in [-0.1, -0.05) is 12.1 Å². The number of carboxylic acids is 1. The van der Waals surface area contributed by atoms with Crippen molar-refractivity contribution in [1.29, 1.82) is 0 Å². The van der Waals surface area contributed by atoms with Gasteiger partial charge in [0.1, 0.15) is 11.8 Å². The predicted molar refractivity (Wildman–Crippen MR) is 76.6 cm³/mol. The van der Waals surface area contributed by atoms with Crippen molar-refractivity contribution in [3.63, 3.8) is 0 Å². The minimum absolute atomic E-state index is 0.0474. The summed E-state index contributed by atoms with van der Waals surface area (Å²) in [6, 6.07) is 3.79. The topological polar surface area (TPSA) is 160 Å². The van der Waals surface area contributed by atoms with Crippen LogP contribution in [0.15, 0.2) is 24.3 Å². The zero-order valence-corrected chi connectivity index (χ0v) is 11.9. The van der Waals surface area contributed by atoms with E-state index in [1.807, 2.05) is 0 Å². The molecule has 1 aromatic rings. The number of aliphatic hydroxyl groups excluding tert-OH is 1. The van der Waals surface area contributed by atoms with E-state index in [0.29, 0.717) is 6.21 Å². The summed E-state index contributed by atoms with van der Waals surface area (Å²) in [7, 11) is 0. The Hall–Kier alpha value is -3.03. The highest BCUT2D eigenvalue weighted by atomic mass is 16.4. The average Bonchev–Trinajstić information content (AvgIpc) is 2.51. The number of aliphatic hydroxyl groups is 1. The second-order valence-electron chi connectivity index (χ2n) is 4.64. The predicted octanol–water partition coefficient (Wildman–Crippen LogP) is -0.355. The maximum Gasteiger partial charge on any atom is 0.326 e. The minimum Gasteiger partial charge on any atom is -0.508 e. The van der Waals surface area contributed by atoms with Crippen LogP contribution in [0.1, 0.15) is 24.5 Å². The van der Waals surface area contributed by atoms with E-state index in [4.69, 9.17) is 15.7 Å².